The van der Waals surface area contributed by atoms with Crippen molar-refractivity contribution in [3.63, 3.8) is 0 Å². The molecule has 1 saturated heterocycles. The second kappa shape index (κ2) is 6.81. The molecule has 0 spiro atoms. The fourth-order valence-electron chi connectivity index (χ4n) is 2.48. The minimum absolute atomic E-state index is 0.355. The standard InChI is InChI=1S/C15H17F3N2O2/c1-9-3-2-6-20(8-9)13(22)7-12(21)19-11-5-4-10(16)14(17)15(11)18/h4-5,9H,2-3,6-8H2,1H3,(H,19,21). The fraction of sp³-hybridized carbons (Fsp3) is 0.467. The molecule has 120 valence electrons. The number of carbonyl (C=O) groups is 2. The summed E-state index contributed by atoms with van der Waals surface area (Å²) >= 11 is 0. The number of benzene rings is 1. The Morgan fingerprint density at radius 2 is 2.00 bits per heavy atom. The Kier molecular flexibility index (Phi) is 5.05. The van der Waals surface area contributed by atoms with Crippen molar-refractivity contribution in [2.24, 2.45) is 5.92 Å². The normalized spacial score (nSPS) is 18.2. The maximum absolute atomic E-state index is 13.4. The van der Waals surface area contributed by atoms with Crippen molar-refractivity contribution in [3.05, 3.63) is 29.6 Å². The third-order valence-electron chi connectivity index (χ3n) is 3.63. The molecule has 1 heterocycles. The van der Waals surface area contributed by atoms with E-state index in [4.69, 9.17) is 0 Å². The van der Waals surface area contributed by atoms with E-state index in [0.717, 1.165) is 18.9 Å². The van der Waals surface area contributed by atoms with Crippen LogP contribution < -0.4 is 5.32 Å². The van der Waals surface area contributed by atoms with Gasteiger partial charge in [0, 0.05) is 13.1 Å². The Balaban J connectivity index is 1.95. The molecule has 1 aromatic carbocycles. The van der Waals surface area contributed by atoms with E-state index < -0.39 is 35.5 Å². The highest BCUT2D eigenvalue weighted by Crippen LogP contribution is 2.20. The Hall–Kier alpha value is -2.05. The van der Waals surface area contributed by atoms with Crippen molar-refractivity contribution in [1.82, 2.24) is 4.90 Å². The van der Waals surface area contributed by atoms with Gasteiger partial charge in [0.1, 0.15) is 6.42 Å². The number of anilines is 1. The lowest BCUT2D eigenvalue weighted by atomic mass is 10.00. The molecule has 0 aliphatic carbocycles. The number of amides is 2. The van der Waals surface area contributed by atoms with Gasteiger partial charge in [-0.2, -0.15) is 0 Å². The fourth-order valence-corrected chi connectivity index (χ4v) is 2.48. The lowest BCUT2D eigenvalue weighted by Crippen LogP contribution is -2.40. The number of halogens is 3. The molecule has 1 aromatic rings. The van der Waals surface area contributed by atoms with Crippen molar-refractivity contribution in [2.45, 2.75) is 26.2 Å². The molecule has 1 aliphatic rings. The SMILES string of the molecule is CC1CCCN(C(=O)CC(=O)Nc2ccc(F)c(F)c2F)C1. The second-order valence-electron chi connectivity index (χ2n) is 5.54. The number of carbonyl (C=O) groups excluding carboxylic acids is 2. The van der Waals surface area contributed by atoms with Crippen LogP contribution in [0, 0.1) is 23.4 Å². The molecule has 2 rings (SSSR count). The van der Waals surface area contributed by atoms with Crippen molar-refractivity contribution < 1.29 is 22.8 Å². The van der Waals surface area contributed by atoms with Crippen LogP contribution in [-0.2, 0) is 9.59 Å². The Morgan fingerprint density at radius 3 is 2.68 bits per heavy atom. The Morgan fingerprint density at radius 1 is 1.27 bits per heavy atom. The number of nitrogens with one attached hydrogen (secondary N) is 1. The van der Waals surface area contributed by atoms with Crippen LogP contribution in [0.15, 0.2) is 12.1 Å². The number of rotatable bonds is 3. The van der Waals surface area contributed by atoms with Gasteiger partial charge in [-0.3, -0.25) is 9.59 Å². The maximum Gasteiger partial charge on any atom is 0.233 e. The van der Waals surface area contributed by atoms with E-state index in [2.05, 4.69) is 5.32 Å². The molecular formula is C15H17F3N2O2. The van der Waals surface area contributed by atoms with E-state index in [1.165, 1.54) is 0 Å². The van der Waals surface area contributed by atoms with Gasteiger partial charge in [0.25, 0.3) is 0 Å². The summed E-state index contributed by atoms with van der Waals surface area (Å²) in [5.41, 5.74) is -0.483. The highest BCUT2D eigenvalue weighted by Gasteiger charge is 2.23. The van der Waals surface area contributed by atoms with Gasteiger partial charge in [0.15, 0.2) is 17.5 Å². The average Bonchev–Trinajstić information content (AvgIpc) is 2.48. The summed E-state index contributed by atoms with van der Waals surface area (Å²) in [6.45, 7) is 3.21. The molecule has 4 nitrogen and oxygen atoms in total. The molecular weight excluding hydrogens is 297 g/mol. The molecule has 0 aromatic heterocycles. The van der Waals surface area contributed by atoms with Gasteiger partial charge in [-0.25, -0.2) is 13.2 Å². The summed E-state index contributed by atoms with van der Waals surface area (Å²) in [7, 11) is 0. The highest BCUT2D eigenvalue weighted by molar-refractivity contribution is 6.03. The second-order valence-corrected chi connectivity index (χ2v) is 5.54. The zero-order chi connectivity index (χ0) is 16.3. The van der Waals surface area contributed by atoms with Crippen LogP contribution in [0.25, 0.3) is 0 Å². The molecule has 0 radical (unpaired) electrons. The number of hydrogen-bond donors (Lipinski definition) is 1. The van der Waals surface area contributed by atoms with Gasteiger partial charge in [-0.1, -0.05) is 6.92 Å². The van der Waals surface area contributed by atoms with Gasteiger partial charge in [-0.15, -0.1) is 0 Å². The van der Waals surface area contributed by atoms with Crippen LogP contribution in [0.2, 0.25) is 0 Å². The van der Waals surface area contributed by atoms with Crippen LogP contribution in [0.1, 0.15) is 26.2 Å². The van der Waals surface area contributed by atoms with E-state index in [1.54, 1.807) is 4.90 Å². The zero-order valence-corrected chi connectivity index (χ0v) is 12.2. The first-order valence-corrected chi connectivity index (χ1v) is 7.09. The van der Waals surface area contributed by atoms with Crippen LogP contribution in [0.4, 0.5) is 18.9 Å². The van der Waals surface area contributed by atoms with E-state index in [0.29, 0.717) is 25.1 Å². The molecule has 1 unspecified atom stereocenters. The predicted octanol–water partition coefficient (Wildman–Crippen LogP) is 2.69. The first-order valence-electron chi connectivity index (χ1n) is 7.09. The van der Waals surface area contributed by atoms with E-state index in [-0.39, 0.29) is 5.91 Å². The lowest BCUT2D eigenvalue weighted by molar-refractivity contribution is -0.136. The number of hydrogen-bond acceptors (Lipinski definition) is 2. The number of likely N-dealkylation sites (tertiary alicyclic amines) is 1. The Bertz CT molecular complexity index is 592. The van der Waals surface area contributed by atoms with Crippen LogP contribution in [0.3, 0.4) is 0 Å². The minimum Gasteiger partial charge on any atom is -0.342 e. The minimum atomic E-state index is -1.66. The Labute approximate surface area is 126 Å². The van der Waals surface area contributed by atoms with Crippen LogP contribution in [0.5, 0.6) is 0 Å². The summed E-state index contributed by atoms with van der Waals surface area (Å²) in [5.74, 6) is -5.21. The van der Waals surface area contributed by atoms with Crippen LogP contribution in [-0.4, -0.2) is 29.8 Å². The summed E-state index contributed by atoms with van der Waals surface area (Å²) < 4.78 is 39.3. The van der Waals surface area contributed by atoms with E-state index >= 15 is 0 Å². The predicted molar refractivity (Wildman–Crippen MR) is 74.5 cm³/mol. The largest absolute Gasteiger partial charge is 0.342 e. The third-order valence-corrected chi connectivity index (χ3v) is 3.63. The van der Waals surface area contributed by atoms with Crippen LogP contribution >= 0.6 is 0 Å². The highest BCUT2D eigenvalue weighted by atomic mass is 19.2. The van der Waals surface area contributed by atoms with E-state index in [1.807, 2.05) is 6.92 Å². The zero-order valence-electron chi connectivity index (χ0n) is 12.2. The van der Waals surface area contributed by atoms with Crippen molar-refractivity contribution >= 4 is 17.5 Å². The van der Waals surface area contributed by atoms with Crippen molar-refractivity contribution in [2.75, 3.05) is 18.4 Å². The molecule has 1 atom stereocenters. The van der Waals surface area contributed by atoms with Crippen molar-refractivity contribution in [3.8, 4) is 0 Å². The third kappa shape index (κ3) is 3.78. The lowest BCUT2D eigenvalue weighted by Gasteiger charge is -2.30. The summed E-state index contributed by atoms with van der Waals surface area (Å²) in [4.78, 5) is 25.3. The molecule has 0 saturated carbocycles. The number of nitrogens with zero attached hydrogens (tertiary/aromatic N) is 1. The molecule has 22 heavy (non-hydrogen) atoms. The van der Waals surface area contributed by atoms with Gasteiger partial charge in [0.05, 0.1) is 5.69 Å². The first-order chi connectivity index (χ1) is 10.4. The molecule has 2 amide bonds. The summed E-state index contributed by atoms with van der Waals surface area (Å²) in [5, 5.41) is 2.09. The van der Waals surface area contributed by atoms with E-state index in [9.17, 15) is 22.8 Å². The monoisotopic (exact) mass is 314 g/mol. The summed E-state index contributed by atoms with van der Waals surface area (Å²) in [6, 6.07) is 1.63. The van der Waals surface area contributed by atoms with Gasteiger partial charge < -0.3 is 10.2 Å². The number of piperidine rings is 1. The first kappa shape index (κ1) is 16.3. The quantitative estimate of drug-likeness (QED) is 0.689. The van der Waals surface area contributed by atoms with Gasteiger partial charge >= 0.3 is 0 Å². The van der Waals surface area contributed by atoms with Crippen molar-refractivity contribution in [1.29, 1.82) is 0 Å². The molecule has 7 heteroatoms. The molecule has 0 bridgehead atoms. The molecule has 1 N–H and O–H groups in total. The molecule has 1 fully saturated rings. The smallest absolute Gasteiger partial charge is 0.233 e. The molecule has 1 aliphatic heterocycles. The topological polar surface area (TPSA) is 49.4 Å². The maximum atomic E-state index is 13.4. The van der Waals surface area contributed by atoms with Gasteiger partial charge in [-0.05, 0) is 30.9 Å². The summed E-state index contributed by atoms with van der Waals surface area (Å²) in [6.07, 6.45) is 1.47. The van der Waals surface area contributed by atoms with Gasteiger partial charge in [0.2, 0.25) is 11.8 Å². The average molecular weight is 314 g/mol.